The molecule has 0 radical (unpaired) electrons. The van der Waals surface area contributed by atoms with E-state index in [2.05, 4.69) is 24.7 Å². The zero-order valence-corrected chi connectivity index (χ0v) is 12.8. The van der Waals surface area contributed by atoms with Gasteiger partial charge in [-0.15, -0.1) is 0 Å². The van der Waals surface area contributed by atoms with Gasteiger partial charge >= 0.3 is 5.56 Å². The fourth-order valence-electron chi connectivity index (χ4n) is 1.34. The molecule has 0 amide bonds. The number of ether oxygens (including phenoxy) is 2. The average Bonchev–Trinajstić information content (AvgIpc) is 2.35. The first-order valence-corrected chi connectivity index (χ1v) is 9.72. The minimum absolute atomic E-state index is 0.0369. The molecule has 0 aliphatic heterocycles. The summed E-state index contributed by atoms with van der Waals surface area (Å²) in [7, 11) is 0.229. The molecule has 104 valence electrons. The first-order valence-electron chi connectivity index (χ1n) is 6.01. The van der Waals surface area contributed by atoms with E-state index in [4.69, 9.17) is 14.7 Å². The summed E-state index contributed by atoms with van der Waals surface area (Å²) >= 11 is 0. The molecule has 0 N–H and O–H groups in total. The van der Waals surface area contributed by atoms with Gasteiger partial charge in [0.2, 0.25) is 0 Å². The van der Waals surface area contributed by atoms with Crippen LogP contribution >= 0.6 is 0 Å². The van der Waals surface area contributed by atoms with Crippen LogP contribution in [0.15, 0.2) is 10.9 Å². The highest BCUT2D eigenvalue weighted by Gasteiger charge is 2.13. The Labute approximate surface area is 113 Å². The van der Waals surface area contributed by atoms with Crippen LogP contribution < -0.4 is 10.3 Å². The molecule has 0 fully saturated rings. The van der Waals surface area contributed by atoms with Crippen LogP contribution in [0.5, 0.6) is 5.75 Å². The summed E-state index contributed by atoms with van der Waals surface area (Å²) in [4.78, 5) is 11.9. The highest BCUT2D eigenvalue weighted by molar-refractivity contribution is 6.76. The maximum atomic E-state index is 11.9. The summed E-state index contributed by atoms with van der Waals surface area (Å²) in [6.07, 6.45) is 0. The lowest BCUT2D eigenvalue weighted by molar-refractivity contribution is 0.0740. The predicted octanol–water partition coefficient (Wildman–Crippen LogP) is 1.44. The van der Waals surface area contributed by atoms with Crippen LogP contribution in [0, 0.1) is 11.3 Å². The molecule has 0 aliphatic carbocycles. The van der Waals surface area contributed by atoms with Crippen molar-refractivity contribution in [2.45, 2.75) is 32.4 Å². The minimum atomic E-state index is -1.15. The predicted molar refractivity (Wildman–Crippen MR) is 73.9 cm³/mol. The third-order valence-electron chi connectivity index (χ3n) is 2.49. The van der Waals surface area contributed by atoms with Crippen molar-refractivity contribution in [2.75, 3.05) is 13.7 Å². The van der Waals surface area contributed by atoms with Crippen LogP contribution in [0.3, 0.4) is 0 Å². The lowest BCUT2D eigenvalue weighted by Crippen LogP contribution is -2.27. The number of aromatic nitrogens is 2. The van der Waals surface area contributed by atoms with Crippen LogP contribution in [0.2, 0.25) is 25.7 Å². The van der Waals surface area contributed by atoms with Crippen molar-refractivity contribution >= 4 is 8.07 Å². The Morgan fingerprint density at radius 1 is 1.47 bits per heavy atom. The van der Waals surface area contributed by atoms with Gasteiger partial charge in [0, 0.05) is 20.7 Å². The standard InChI is InChI=1S/C12H19N3O3Si/c1-17-11-7-10(8-13)14-15(12(11)16)9-18-5-6-19(2,3)4/h7H,5-6,9H2,1-4H3. The molecule has 0 atom stereocenters. The van der Waals surface area contributed by atoms with E-state index in [1.165, 1.54) is 13.2 Å². The Hall–Kier alpha value is -1.65. The molecule has 1 rings (SSSR count). The SMILES string of the molecule is COc1cc(C#N)nn(COCC[Si](C)(C)C)c1=O. The first kappa shape index (κ1) is 15.4. The summed E-state index contributed by atoms with van der Waals surface area (Å²) in [6, 6.07) is 4.22. The van der Waals surface area contributed by atoms with Crippen molar-refractivity contribution in [1.82, 2.24) is 9.78 Å². The molecule has 0 aliphatic rings. The molecule has 1 aromatic heterocycles. The van der Waals surface area contributed by atoms with E-state index in [9.17, 15) is 4.79 Å². The molecule has 7 heteroatoms. The molecule has 0 spiro atoms. The smallest absolute Gasteiger partial charge is 0.311 e. The highest BCUT2D eigenvalue weighted by Crippen LogP contribution is 2.08. The van der Waals surface area contributed by atoms with Crippen molar-refractivity contribution in [2.24, 2.45) is 0 Å². The second-order valence-electron chi connectivity index (χ2n) is 5.36. The summed E-state index contributed by atoms with van der Waals surface area (Å²) in [5.41, 5.74) is -0.264. The van der Waals surface area contributed by atoms with Crippen LogP contribution in [-0.4, -0.2) is 31.6 Å². The molecule has 0 aromatic carbocycles. The topological polar surface area (TPSA) is 77.1 Å². The van der Waals surface area contributed by atoms with Crippen LogP contribution in [0.25, 0.3) is 0 Å². The monoisotopic (exact) mass is 281 g/mol. The van der Waals surface area contributed by atoms with Crippen molar-refractivity contribution in [3.63, 3.8) is 0 Å². The molecule has 19 heavy (non-hydrogen) atoms. The van der Waals surface area contributed by atoms with Gasteiger partial charge in [-0.05, 0) is 6.04 Å². The maximum absolute atomic E-state index is 11.9. The molecule has 0 saturated heterocycles. The Morgan fingerprint density at radius 2 is 2.16 bits per heavy atom. The zero-order chi connectivity index (χ0) is 14.5. The van der Waals surface area contributed by atoms with Crippen LogP contribution in [0.1, 0.15) is 5.69 Å². The third kappa shape index (κ3) is 4.85. The van der Waals surface area contributed by atoms with Gasteiger partial charge in [-0.3, -0.25) is 4.79 Å². The lowest BCUT2D eigenvalue weighted by atomic mass is 10.4. The number of rotatable bonds is 6. The fraction of sp³-hybridized carbons (Fsp3) is 0.583. The normalized spacial score (nSPS) is 11.1. The summed E-state index contributed by atoms with van der Waals surface area (Å²) < 4.78 is 11.5. The van der Waals surface area contributed by atoms with Gasteiger partial charge in [-0.25, -0.2) is 0 Å². The Kier molecular flexibility index (Phi) is 5.27. The van der Waals surface area contributed by atoms with Crippen molar-refractivity contribution in [3.05, 3.63) is 22.1 Å². The summed E-state index contributed by atoms with van der Waals surface area (Å²) in [5, 5.41) is 12.7. The van der Waals surface area contributed by atoms with E-state index in [-0.39, 0.29) is 18.2 Å². The molecule has 0 unspecified atom stereocenters. The van der Waals surface area contributed by atoms with E-state index >= 15 is 0 Å². The maximum Gasteiger partial charge on any atom is 0.311 e. The lowest BCUT2D eigenvalue weighted by Gasteiger charge is -2.15. The largest absolute Gasteiger partial charge is 0.491 e. The number of methoxy groups -OCH3 is 1. The van der Waals surface area contributed by atoms with Gasteiger partial charge in [-0.2, -0.15) is 15.0 Å². The number of hydrogen-bond acceptors (Lipinski definition) is 5. The number of hydrogen-bond donors (Lipinski definition) is 0. The molecule has 0 bridgehead atoms. The Balaban J connectivity index is 2.73. The summed E-state index contributed by atoms with van der Waals surface area (Å²) in [5.74, 6) is 0.0975. The summed E-state index contributed by atoms with van der Waals surface area (Å²) in [6.45, 7) is 7.37. The number of nitrogens with zero attached hydrogens (tertiary/aromatic N) is 3. The molecule has 0 saturated carbocycles. The van der Waals surface area contributed by atoms with E-state index < -0.39 is 13.6 Å². The van der Waals surface area contributed by atoms with Crippen molar-refractivity contribution in [1.29, 1.82) is 5.26 Å². The van der Waals surface area contributed by atoms with Gasteiger partial charge in [0.05, 0.1) is 7.11 Å². The van der Waals surface area contributed by atoms with E-state index in [1.54, 1.807) is 0 Å². The first-order chi connectivity index (χ1) is 8.87. The van der Waals surface area contributed by atoms with Crippen molar-refractivity contribution in [3.8, 4) is 11.8 Å². The fourth-order valence-corrected chi connectivity index (χ4v) is 2.09. The molecular weight excluding hydrogens is 262 g/mol. The Bertz CT molecular complexity index is 528. The third-order valence-corrected chi connectivity index (χ3v) is 4.19. The Morgan fingerprint density at radius 3 is 2.68 bits per heavy atom. The average molecular weight is 281 g/mol. The molecular formula is C12H19N3O3Si. The van der Waals surface area contributed by atoms with Gasteiger partial charge < -0.3 is 9.47 Å². The molecule has 1 heterocycles. The second kappa shape index (κ2) is 6.50. The van der Waals surface area contributed by atoms with Gasteiger partial charge in [0.15, 0.2) is 11.4 Å². The van der Waals surface area contributed by atoms with Crippen LogP contribution in [0.4, 0.5) is 0 Å². The van der Waals surface area contributed by atoms with Crippen LogP contribution in [-0.2, 0) is 11.5 Å². The minimum Gasteiger partial charge on any atom is -0.491 e. The molecule has 6 nitrogen and oxygen atoms in total. The zero-order valence-electron chi connectivity index (χ0n) is 11.8. The van der Waals surface area contributed by atoms with Gasteiger partial charge in [0.1, 0.15) is 12.8 Å². The number of nitriles is 1. The second-order valence-corrected chi connectivity index (χ2v) is 11.0. The van der Waals surface area contributed by atoms with E-state index in [1.807, 2.05) is 6.07 Å². The quantitative estimate of drug-likeness (QED) is 0.582. The van der Waals surface area contributed by atoms with Gasteiger partial charge in [0.25, 0.3) is 0 Å². The van der Waals surface area contributed by atoms with E-state index in [0.717, 1.165) is 10.7 Å². The van der Waals surface area contributed by atoms with Gasteiger partial charge in [-0.1, -0.05) is 19.6 Å². The van der Waals surface area contributed by atoms with E-state index in [0.29, 0.717) is 6.61 Å². The molecule has 1 aromatic rings. The highest BCUT2D eigenvalue weighted by atomic mass is 28.3. The van der Waals surface area contributed by atoms with Crippen molar-refractivity contribution < 1.29 is 9.47 Å².